The molecule has 0 radical (unpaired) electrons. The highest BCUT2D eigenvalue weighted by Gasteiger charge is 2.08. The molecule has 0 saturated heterocycles. The highest BCUT2D eigenvalue weighted by atomic mass is 19.1. The molecule has 0 aliphatic rings. The second-order valence-electron chi connectivity index (χ2n) is 4.07. The molecule has 0 aliphatic heterocycles. The van der Waals surface area contributed by atoms with E-state index >= 15 is 0 Å². The van der Waals surface area contributed by atoms with E-state index in [4.69, 9.17) is 5.73 Å². The highest BCUT2D eigenvalue weighted by Crippen LogP contribution is 2.10. The Labute approximate surface area is 104 Å². The van der Waals surface area contributed by atoms with Gasteiger partial charge in [0.2, 0.25) is 0 Å². The summed E-state index contributed by atoms with van der Waals surface area (Å²) < 4.78 is 12.7. The standard InChI is InChI=1S/C14H13FN2O/c15-12-5-3-10(4-6-12)8-13(18)9-11-2-1-7-17-14(11)16/h1-7H,8-9H2,(H2,16,17). The predicted octanol–water partition coefficient (Wildman–Crippen LogP) is 2.16. The molecule has 3 nitrogen and oxygen atoms in total. The van der Waals surface area contributed by atoms with Crippen molar-refractivity contribution in [3.63, 3.8) is 0 Å². The van der Waals surface area contributed by atoms with Crippen LogP contribution in [0, 0.1) is 5.82 Å². The maximum atomic E-state index is 12.7. The van der Waals surface area contributed by atoms with Gasteiger partial charge in [-0.3, -0.25) is 4.79 Å². The third kappa shape index (κ3) is 3.13. The molecular weight excluding hydrogens is 231 g/mol. The van der Waals surface area contributed by atoms with Gasteiger partial charge in [0.05, 0.1) is 0 Å². The van der Waals surface area contributed by atoms with Gasteiger partial charge in [-0.05, 0) is 23.8 Å². The van der Waals surface area contributed by atoms with Crippen molar-refractivity contribution in [3.05, 3.63) is 59.5 Å². The van der Waals surface area contributed by atoms with Gasteiger partial charge in [0.15, 0.2) is 0 Å². The lowest BCUT2D eigenvalue weighted by atomic mass is 10.0. The Morgan fingerprint density at radius 1 is 1.17 bits per heavy atom. The number of nitrogen functional groups attached to an aromatic ring is 1. The van der Waals surface area contributed by atoms with Crippen LogP contribution in [0.1, 0.15) is 11.1 Å². The Hall–Kier alpha value is -2.23. The SMILES string of the molecule is Nc1ncccc1CC(=O)Cc1ccc(F)cc1. The maximum Gasteiger partial charge on any atom is 0.141 e. The fourth-order valence-electron chi connectivity index (χ4n) is 1.71. The number of ketones is 1. The van der Waals surface area contributed by atoms with Crippen molar-refractivity contribution < 1.29 is 9.18 Å². The molecule has 4 heteroatoms. The Bertz CT molecular complexity index is 552. The second-order valence-corrected chi connectivity index (χ2v) is 4.07. The van der Waals surface area contributed by atoms with Crippen LogP contribution in [0.4, 0.5) is 10.2 Å². The number of rotatable bonds is 4. The van der Waals surface area contributed by atoms with Gasteiger partial charge in [-0.25, -0.2) is 9.37 Å². The van der Waals surface area contributed by atoms with Crippen LogP contribution >= 0.6 is 0 Å². The number of nitrogens with two attached hydrogens (primary N) is 1. The summed E-state index contributed by atoms with van der Waals surface area (Å²) in [6.45, 7) is 0. The van der Waals surface area contributed by atoms with Gasteiger partial charge in [-0.1, -0.05) is 18.2 Å². The monoisotopic (exact) mass is 244 g/mol. The number of aromatic nitrogens is 1. The summed E-state index contributed by atoms with van der Waals surface area (Å²) in [7, 11) is 0. The van der Waals surface area contributed by atoms with Gasteiger partial charge in [0.25, 0.3) is 0 Å². The molecule has 0 spiro atoms. The van der Waals surface area contributed by atoms with E-state index in [1.54, 1.807) is 30.5 Å². The van der Waals surface area contributed by atoms with Crippen LogP contribution in [-0.2, 0) is 17.6 Å². The van der Waals surface area contributed by atoms with Gasteiger partial charge in [-0.15, -0.1) is 0 Å². The Morgan fingerprint density at radius 2 is 1.89 bits per heavy atom. The molecule has 1 heterocycles. The van der Waals surface area contributed by atoms with Crippen molar-refractivity contribution in [3.8, 4) is 0 Å². The van der Waals surface area contributed by atoms with Gasteiger partial charge in [-0.2, -0.15) is 0 Å². The molecule has 1 aromatic carbocycles. The van der Waals surface area contributed by atoms with Gasteiger partial charge in [0, 0.05) is 24.6 Å². The molecule has 2 aromatic rings. The van der Waals surface area contributed by atoms with E-state index in [1.807, 2.05) is 0 Å². The zero-order valence-electron chi connectivity index (χ0n) is 9.77. The lowest BCUT2D eigenvalue weighted by Crippen LogP contribution is -2.09. The number of carbonyl (C=O) groups is 1. The molecule has 0 aliphatic carbocycles. The average molecular weight is 244 g/mol. The first-order chi connectivity index (χ1) is 8.65. The summed E-state index contributed by atoms with van der Waals surface area (Å²) in [4.78, 5) is 15.8. The Morgan fingerprint density at radius 3 is 2.56 bits per heavy atom. The first-order valence-electron chi connectivity index (χ1n) is 5.60. The van der Waals surface area contributed by atoms with Crippen LogP contribution in [0.3, 0.4) is 0 Å². The van der Waals surface area contributed by atoms with Crippen LogP contribution in [0.2, 0.25) is 0 Å². The van der Waals surface area contributed by atoms with Crippen molar-refractivity contribution in [2.75, 3.05) is 5.73 Å². The van der Waals surface area contributed by atoms with Gasteiger partial charge in [0.1, 0.15) is 17.4 Å². The smallest absolute Gasteiger partial charge is 0.141 e. The third-order valence-corrected chi connectivity index (χ3v) is 2.63. The number of hydrogen-bond donors (Lipinski definition) is 1. The van der Waals surface area contributed by atoms with Crippen LogP contribution in [-0.4, -0.2) is 10.8 Å². The molecule has 0 saturated carbocycles. The van der Waals surface area contributed by atoms with E-state index in [0.717, 1.165) is 11.1 Å². The minimum atomic E-state index is -0.303. The normalized spacial score (nSPS) is 10.3. The van der Waals surface area contributed by atoms with E-state index in [2.05, 4.69) is 4.98 Å². The summed E-state index contributed by atoms with van der Waals surface area (Å²) in [5.41, 5.74) is 7.19. The van der Waals surface area contributed by atoms with E-state index in [1.165, 1.54) is 12.1 Å². The number of halogens is 1. The lowest BCUT2D eigenvalue weighted by molar-refractivity contribution is -0.117. The minimum absolute atomic E-state index is 0.0290. The van der Waals surface area contributed by atoms with E-state index in [-0.39, 0.29) is 24.4 Å². The predicted molar refractivity (Wildman–Crippen MR) is 67.5 cm³/mol. The summed E-state index contributed by atoms with van der Waals surface area (Å²) in [5, 5.41) is 0. The first kappa shape index (κ1) is 12.2. The average Bonchev–Trinajstić information content (AvgIpc) is 2.35. The Kier molecular flexibility index (Phi) is 3.67. The molecule has 0 fully saturated rings. The van der Waals surface area contributed by atoms with Crippen LogP contribution in [0.25, 0.3) is 0 Å². The van der Waals surface area contributed by atoms with Crippen molar-refractivity contribution >= 4 is 11.6 Å². The van der Waals surface area contributed by atoms with Crippen molar-refractivity contribution in [1.29, 1.82) is 0 Å². The van der Waals surface area contributed by atoms with Crippen molar-refractivity contribution in [1.82, 2.24) is 4.98 Å². The molecule has 18 heavy (non-hydrogen) atoms. The van der Waals surface area contributed by atoms with Crippen LogP contribution in [0.15, 0.2) is 42.6 Å². The van der Waals surface area contributed by atoms with Crippen LogP contribution < -0.4 is 5.73 Å². The summed E-state index contributed by atoms with van der Waals surface area (Å²) in [6, 6.07) is 9.45. The number of nitrogens with zero attached hydrogens (tertiary/aromatic N) is 1. The zero-order chi connectivity index (χ0) is 13.0. The van der Waals surface area contributed by atoms with Gasteiger partial charge >= 0.3 is 0 Å². The number of benzene rings is 1. The summed E-state index contributed by atoms with van der Waals surface area (Å²) in [6.07, 6.45) is 2.11. The highest BCUT2D eigenvalue weighted by molar-refractivity contribution is 5.84. The number of Topliss-reactive ketones (excluding diaryl/α,β-unsaturated/α-hetero) is 1. The van der Waals surface area contributed by atoms with E-state index in [9.17, 15) is 9.18 Å². The quantitative estimate of drug-likeness (QED) is 0.896. The largest absolute Gasteiger partial charge is 0.383 e. The second kappa shape index (κ2) is 5.40. The molecule has 92 valence electrons. The van der Waals surface area contributed by atoms with Crippen molar-refractivity contribution in [2.24, 2.45) is 0 Å². The number of carbonyl (C=O) groups excluding carboxylic acids is 1. The fourth-order valence-corrected chi connectivity index (χ4v) is 1.71. The van der Waals surface area contributed by atoms with Gasteiger partial charge < -0.3 is 5.73 Å². The zero-order valence-corrected chi connectivity index (χ0v) is 9.77. The van der Waals surface area contributed by atoms with E-state index in [0.29, 0.717) is 5.82 Å². The maximum absolute atomic E-state index is 12.7. The Balaban J connectivity index is 2.01. The molecular formula is C14H13FN2O. The molecule has 2 N–H and O–H groups in total. The summed E-state index contributed by atoms with van der Waals surface area (Å²) >= 11 is 0. The minimum Gasteiger partial charge on any atom is -0.383 e. The molecule has 0 bridgehead atoms. The molecule has 1 aromatic heterocycles. The lowest BCUT2D eigenvalue weighted by Gasteiger charge is -2.04. The first-order valence-corrected chi connectivity index (χ1v) is 5.60. The van der Waals surface area contributed by atoms with Crippen molar-refractivity contribution in [2.45, 2.75) is 12.8 Å². The third-order valence-electron chi connectivity index (χ3n) is 2.63. The number of pyridine rings is 1. The topological polar surface area (TPSA) is 56.0 Å². The molecule has 0 amide bonds. The van der Waals surface area contributed by atoms with Crippen LogP contribution in [0.5, 0.6) is 0 Å². The molecule has 0 unspecified atom stereocenters. The number of hydrogen-bond acceptors (Lipinski definition) is 3. The number of anilines is 1. The summed E-state index contributed by atoms with van der Waals surface area (Å²) in [5.74, 6) is 0.106. The fraction of sp³-hybridized carbons (Fsp3) is 0.143. The van der Waals surface area contributed by atoms with E-state index < -0.39 is 0 Å². The molecule has 2 rings (SSSR count). The molecule has 0 atom stereocenters.